The quantitative estimate of drug-likeness (QED) is 0.355. The van der Waals surface area contributed by atoms with E-state index in [1.807, 2.05) is 7.05 Å². The second-order valence-corrected chi connectivity index (χ2v) is 2.42. The van der Waals surface area contributed by atoms with Crippen LogP contribution in [0, 0.1) is 0 Å². The second kappa shape index (κ2) is 2.27. The average Bonchev–Trinajstić information content (AvgIpc) is 1.77. The normalized spacial score (nSPS) is 19.6. The zero-order chi connectivity index (χ0) is 5.98. The van der Waals surface area contributed by atoms with Gasteiger partial charge in [0.25, 0.3) is 0 Å². The van der Waals surface area contributed by atoms with Crippen molar-refractivity contribution >= 4 is 17.2 Å². The Bertz CT molecular complexity index is 128. The van der Waals surface area contributed by atoms with Gasteiger partial charge in [-0.2, -0.15) is 0 Å². The van der Waals surface area contributed by atoms with Gasteiger partial charge >= 0.3 is 0 Å². The number of hydrogen-bond acceptors (Lipinski definition) is 1. The molecule has 1 rings (SSSR count). The summed E-state index contributed by atoms with van der Waals surface area (Å²) in [6.45, 7) is 0.985. The molecular weight excluding hydrogens is 118 g/mol. The van der Waals surface area contributed by atoms with Crippen LogP contribution >= 0.6 is 12.2 Å². The standard InChI is InChI=1S/C6H9NS/c1-7-5-3-2-4-6(7)8/h2-3H,4-5H2,1H3. The SMILES string of the molecule is CN1CC=CCC1=S. The lowest BCUT2D eigenvalue weighted by Gasteiger charge is -2.19. The van der Waals surface area contributed by atoms with Crippen LogP contribution in [0.4, 0.5) is 0 Å². The fourth-order valence-electron chi connectivity index (χ4n) is 0.674. The monoisotopic (exact) mass is 127 g/mol. The van der Waals surface area contributed by atoms with Gasteiger partial charge in [0.2, 0.25) is 0 Å². The van der Waals surface area contributed by atoms with Crippen LogP contribution in [-0.4, -0.2) is 23.5 Å². The summed E-state index contributed by atoms with van der Waals surface area (Å²) in [6, 6.07) is 0. The van der Waals surface area contributed by atoms with E-state index in [9.17, 15) is 0 Å². The van der Waals surface area contributed by atoms with Crippen LogP contribution < -0.4 is 0 Å². The van der Waals surface area contributed by atoms with E-state index in [1.54, 1.807) is 0 Å². The molecule has 1 nitrogen and oxygen atoms in total. The third kappa shape index (κ3) is 1.07. The van der Waals surface area contributed by atoms with Crippen LogP contribution in [0.5, 0.6) is 0 Å². The van der Waals surface area contributed by atoms with E-state index in [4.69, 9.17) is 12.2 Å². The van der Waals surface area contributed by atoms with Crippen molar-refractivity contribution < 1.29 is 0 Å². The zero-order valence-electron chi connectivity index (χ0n) is 4.92. The fraction of sp³-hybridized carbons (Fsp3) is 0.500. The minimum Gasteiger partial charge on any atom is -0.365 e. The highest BCUT2D eigenvalue weighted by Crippen LogP contribution is 2.00. The van der Waals surface area contributed by atoms with Crippen molar-refractivity contribution in [3.63, 3.8) is 0 Å². The van der Waals surface area contributed by atoms with Crippen molar-refractivity contribution in [2.75, 3.05) is 13.6 Å². The van der Waals surface area contributed by atoms with Gasteiger partial charge in [0.05, 0.1) is 4.99 Å². The molecule has 0 bridgehead atoms. The Hall–Kier alpha value is -0.370. The van der Waals surface area contributed by atoms with Gasteiger partial charge in [0.1, 0.15) is 0 Å². The first kappa shape index (κ1) is 5.76. The lowest BCUT2D eigenvalue weighted by Crippen LogP contribution is -2.26. The summed E-state index contributed by atoms with van der Waals surface area (Å²) in [7, 11) is 2.02. The molecule has 0 spiro atoms. The lowest BCUT2D eigenvalue weighted by molar-refractivity contribution is 0.557. The van der Waals surface area contributed by atoms with Crippen LogP contribution in [-0.2, 0) is 0 Å². The highest BCUT2D eigenvalue weighted by Gasteiger charge is 2.02. The van der Waals surface area contributed by atoms with Gasteiger partial charge in [-0.15, -0.1) is 0 Å². The number of likely N-dealkylation sites (N-methyl/N-ethyl adjacent to an activating group) is 1. The third-order valence-electron chi connectivity index (χ3n) is 1.26. The van der Waals surface area contributed by atoms with Crippen LogP contribution in [0.3, 0.4) is 0 Å². The van der Waals surface area contributed by atoms with E-state index in [0.29, 0.717) is 0 Å². The first-order valence-electron chi connectivity index (χ1n) is 2.69. The molecule has 1 aliphatic heterocycles. The predicted molar refractivity (Wildman–Crippen MR) is 39.0 cm³/mol. The molecule has 0 radical (unpaired) electrons. The highest BCUT2D eigenvalue weighted by molar-refractivity contribution is 7.80. The fourth-order valence-corrected chi connectivity index (χ4v) is 0.845. The van der Waals surface area contributed by atoms with E-state index < -0.39 is 0 Å². The van der Waals surface area contributed by atoms with Crippen molar-refractivity contribution in [1.82, 2.24) is 4.90 Å². The molecule has 1 aliphatic rings. The Kier molecular flexibility index (Phi) is 1.63. The van der Waals surface area contributed by atoms with E-state index in [2.05, 4.69) is 17.1 Å². The van der Waals surface area contributed by atoms with Gasteiger partial charge in [0, 0.05) is 20.0 Å². The molecule has 1 heterocycles. The summed E-state index contributed by atoms with van der Waals surface area (Å²) < 4.78 is 0. The molecule has 0 aromatic carbocycles. The van der Waals surface area contributed by atoms with E-state index in [0.717, 1.165) is 18.0 Å². The Morgan fingerprint density at radius 1 is 1.62 bits per heavy atom. The first-order valence-corrected chi connectivity index (χ1v) is 3.10. The van der Waals surface area contributed by atoms with Crippen molar-refractivity contribution in [2.24, 2.45) is 0 Å². The molecule has 0 fully saturated rings. The predicted octanol–water partition coefficient (Wildman–Crippen LogP) is 1.21. The van der Waals surface area contributed by atoms with E-state index >= 15 is 0 Å². The average molecular weight is 127 g/mol. The number of nitrogens with zero attached hydrogens (tertiary/aromatic N) is 1. The molecule has 0 saturated carbocycles. The topological polar surface area (TPSA) is 3.24 Å². The Labute approximate surface area is 55.0 Å². The van der Waals surface area contributed by atoms with Gasteiger partial charge < -0.3 is 4.90 Å². The summed E-state index contributed by atoms with van der Waals surface area (Å²) in [5.41, 5.74) is 0. The largest absolute Gasteiger partial charge is 0.365 e. The van der Waals surface area contributed by atoms with E-state index in [1.165, 1.54) is 0 Å². The molecular formula is C6H9NS. The molecule has 0 atom stereocenters. The van der Waals surface area contributed by atoms with Crippen LogP contribution in [0.25, 0.3) is 0 Å². The third-order valence-corrected chi connectivity index (χ3v) is 1.74. The van der Waals surface area contributed by atoms with Gasteiger partial charge in [-0.1, -0.05) is 24.4 Å². The summed E-state index contributed by atoms with van der Waals surface area (Å²) in [6.07, 6.45) is 5.20. The van der Waals surface area contributed by atoms with Crippen molar-refractivity contribution in [3.8, 4) is 0 Å². The summed E-state index contributed by atoms with van der Waals surface area (Å²) >= 11 is 5.00. The maximum Gasteiger partial charge on any atom is 0.0817 e. The minimum atomic E-state index is 0.950. The van der Waals surface area contributed by atoms with Gasteiger partial charge in [-0.3, -0.25) is 0 Å². The van der Waals surface area contributed by atoms with Crippen molar-refractivity contribution in [2.45, 2.75) is 6.42 Å². The minimum absolute atomic E-state index is 0.950. The molecule has 0 saturated heterocycles. The maximum atomic E-state index is 5.00. The second-order valence-electron chi connectivity index (χ2n) is 1.95. The molecule has 2 heteroatoms. The van der Waals surface area contributed by atoms with E-state index in [-0.39, 0.29) is 0 Å². The number of hydrogen-bond donors (Lipinski definition) is 0. The van der Waals surface area contributed by atoms with Crippen LogP contribution in [0.15, 0.2) is 12.2 Å². The summed E-state index contributed by atoms with van der Waals surface area (Å²) in [5.74, 6) is 0. The van der Waals surface area contributed by atoms with Crippen LogP contribution in [0.2, 0.25) is 0 Å². The van der Waals surface area contributed by atoms with Gasteiger partial charge in [-0.05, 0) is 0 Å². The number of rotatable bonds is 0. The molecule has 0 aliphatic carbocycles. The highest BCUT2D eigenvalue weighted by atomic mass is 32.1. The Morgan fingerprint density at radius 2 is 2.38 bits per heavy atom. The summed E-state index contributed by atoms with van der Waals surface area (Å²) in [4.78, 5) is 3.13. The maximum absolute atomic E-state index is 5.00. The molecule has 8 heavy (non-hydrogen) atoms. The Balaban J connectivity index is 2.57. The first-order chi connectivity index (χ1) is 3.80. The van der Waals surface area contributed by atoms with Gasteiger partial charge in [-0.25, -0.2) is 0 Å². The van der Waals surface area contributed by atoms with Crippen LogP contribution in [0.1, 0.15) is 6.42 Å². The summed E-state index contributed by atoms with van der Waals surface area (Å²) in [5, 5.41) is 0. The molecule has 0 N–H and O–H groups in total. The zero-order valence-corrected chi connectivity index (χ0v) is 5.74. The Morgan fingerprint density at radius 3 is 2.75 bits per heavy atom. The number of thiocarbonyl (C=S) groups is 1. The molecule has 0 amide bonds. The van der Waals surface area contributed by atoms with Crippen molar-refractivity contribution in [1.29, 1.82) is 0 Å². The molecule has 0 unspecified atom stereocenters. The lowest BCUT2D eigenvalue weighted by atomic mass is 10.3. The smallest absolute Gasteiger partial charge is 0.0817 e. The van der Waals surface area contributed by atoms with Gasteiger partial charge in [0.15, 0.2) is 0 Å². The van der Waals surface area contributed by atoms with Crippen molar-refractivity contribution in [3.05, 3.63) is 12.2 Å². The molecule has 44 valence electrons. The molecule has 0 aromatic heterocycles. The molecule has 0 aromatic rings.